The number of halogens is 1. The quantitative estimate of drug-likeness (QED) is 0.0224. The second kappa shape index (κ2) is 39.6. The maximum atomic E-state index is 13.6. The van der Waals surface area contributed by atoms with E-state index in [0.29, 0.717) is 99.9 Å². The topological polar surface area (TPSA) is 424 Å². The van der Waals surface area contributed by atoms with Crippen LogP contribution in [0.1, 0.15) is 118 Å². The van der Waals surface area contributed by atoms with Crippen LogP contribution in [0.2, 0.25) is 5.02 Å². The van der Waals surface area contributed by atoms with E-state index in [1.54, 1.807) is 87.8 Å². The van der Waals surface area contributed by atoms with Gasteiger partial charge in [-0.3, -0.25) is 52.7 Å². The van der Waals surface area contributed by atoms with Gasteiger partial charge in [-0.25, -0.2) is 15.0 Å². The lowest BCUT2D eigenvalue weighted by Crippen LogP contribution is -2.33. The molecule has 588 valence electrons. The summed E-state index contributed by atoms with van der Waals surface area (Å²) < 4.78 is 43.2. The lowest BCUT2D eigenvalue weighted by atomic mass is 9.99. The van der Waals surface area contributed by atoms with E-state index in [2.05, 4.69) is 86.8 Å². The number of benzene rings is 2. The predicted octanol–water partition coefficient (Wildman–Crippen LogP) is 5.13. The summed E-state index contributed by atoms with van der Waals surface area (Å²) in [6.45, 7) is 10.1. The Morgan fingerprint density at radius 3 is 1.53 bits per heavy atom. The first-order valence-corrected chi connectivity index (χ1v) is 36.6. The van der Waals surface area contributed by atoms with Gasteiger partial charge in [0.05, 0.1) is 89.6 Å². The third kappa shape index (κ3) is 22.9. The largest absolute Gasteiger partial charge is 0.491 e. The Hall–Kier alpha value is -11.7. The molecule has 0 fully saturated rings. The first-order valence-electron chi connectivity index (χ1n) is 35.4. The van der Waals surface area contributed by atoms with Crippen molar-refractivity contribution in [2.24, 2.45) is 40.2 Å². The molecule has 2 aromatic carbocycles. The zero-order valence-corrected chi connectivity index (χ0v) is 64.1. The number of hydrogen-bond acceptors (Lipinski definition) is 22. The second-order valence-electron chi connectivity index (χ2n) is 25.4. The average Bonchev–Trinajstić information content (AvgIpc) is 1.59. The van der Waals surface area contributed by atoms with Crippen molar-refractivity contribution in [1.29, 1.82) is 0 Å². The van der Waals surface area contributed by atoms with Gasteiger partial charge in [-0.1, -0.05) is 23.7 Å². The Labute approximate surface area is 646 Å². The molecule has 9 aromatic rings. The van der Waals surface area contributed by atoms with Crippen LogP contribution in [0, 0.1) is 20.8 Å². The molecule has 0 aliphatic carbocycles. The van der Waals surface area contributed by atoms with Crippen molar-refractivity contribution in [2.45, 2.75) is 52.5 Å². The monoisotopic (exact) mass is 1570 g/mol. The highest BCUT2D eigenvalue weighted by Gasteiger charge is 2.33. The highest BCUT2D eigenvalue weighted by molar-refractivity contribution is 7.15. The van der Waals surface area contributed by atoms with Crippen molar-refractivity contribution in [2.75, 3.05) is 125 Å². The van der Waals surface area contributed by atoms with Gasteiger partial charge in [0.25, 0.3) is 29.5 Å². The molecule has 38 heteroatoms. The predicted molar refractivity (Wildman–Crippen MR) is 410 cm³/mol. The third-order valence-electron chi connectivity index (χ3n) is 17.0. The molecule has 7 aromatic heterocycles. The van der Waals surface area contributed by atoms with Crippen LogP contribution in [0.5, 0.6) is 5.75 Å². The maximum Gasteiger partial charge on any atom is 0.291 e. The number of carbonyl (C=O) groups is 9. The molecule has 111 heavy (non-hydrogen) atoms. The summed E-state index contributed by atoms with van der Waals surface area (Å²) in [5.41, 5.74) is 5.43. The Bertz CT molecular complexity index is 4820. The minimum Gasteiger partial charge on any atom is -0.491 e. The van der Waals surface area contributed by atoms with E-state index in [-0.39, 0.29) is 116 Å². The van der Waals surface area contributed by atoms with E-state index < -0.39 is 47.4 Å². The molecule has 1 aliphatic rings. The summed E-state index contributed by atoms with van der Waals surface area (Å²) in [6.07, 6.45) is 8.85. The number of aromatic nitrogens is 11. The van der Waals surface area contributed by atoms with Gasteiger partial charge in [-0.2, -0.15) is 0 Å². The standard InChI is InChI=1S/C73H88ClN21O15S/c1-44-45(2)111-73-62(44)63(47-9-11-48(74)12-10-47)83-53(64-89-88-46(3)95(64)73)39-61(99)80-49-13-15-52(16-14-49)110-36-35-109-34-33-108-32-31-107-30-29-106-28-27-105-26-24-75-58(96)17-20-79-70(102)66-86-56(42-93(66)7)84-59(97)18-21-78-69(101)55-38-51(41-92(55)6)82-72(104)67-87-57(43-94(67)8)85-60(98)19-22-77-68(100)54-37-50(40-91(54)5)81-71(103)65-76-23-25-90(65)4/h9-16,23,25,37-38,40-43,53H,17-22,24,26-36,39H2,1-8H3,(H,75,96)(H,77,100)(H,78,101)(H,79,102)(H,80,99)(H,81,103)(H,82,104)(H,84,97)(H,85,98). The highest BCUT2D eigenvalue weighted by atomic mass is 35.5. The molecule has 0 saturated heterocycles. The van der Waals surface area contributed by atoms with E-state index in [1.807, 2.05) is 35.8 Å². The Morgan fingerprint density at radius 2 is 0.991 bits per heavy atom. The molecule has 1 aliphatic heterocycles. The Balaban J connectivity index is 0.501. The van der Waals surface area contributed by atoms with Gasteiger partial charge in [-0.15, -0.1) is 21.5 Å². The van der Waals surface area contributed by atoms with Gasteiger partial charge in [0.1, 0.15) is 40.6 Å². The van der Waals surface area contributed by atoms with Crippen molar-refractivity contribution >= 4 is 111 Å². The Morgan fingerprint density at radius 1 is 0.486 bits per heavy atom. The van der Waals surface area contributed by atoms with Crippen molar-refractivity contribution in [3.8, 4) is 10.8 Å². The molecule has 8 heterocycles. The average molecular weight is 1570 g/mol. The van der Waals surface area contributed by atoms with Gasteiger partial charge < -0.3 is 99.1 Å². The number of imidazole rings is 3. The number of rotatable bonds is 41. The van der Waals surface area contributed by atoms with Crippen LogP contribution in [0.25, 0.3) is 5.00 Å². The lowest BCUT2D eigenvalue weighted by Gasteiger charge is -2.13. The van der Waals surface area contributed by atoms with Crippen molar-refractivity contribution in [1.82, 2.24) is 73.8 Å². The lowest BCUT2D eigenvalue weighted by molar-refractivity contribution is -0.121. The number of nitrogens with zero attached hydrogens (tertiary/aromatic N) is 12. The van der Waals surface area contributed by atoms with E-state index in [1.165, 1.54) is 55.2 Å². The summed E-state index contributed by atoms with van der Waals surface area (Å²) in [7, 11) is 8.04. The molecule has 0 spiro atoms. The minimum absolute atomic E-state index is 0.00856. The number of amides is 9. The van der Waals surface area contributed by atoms with Crippen LogP contribution < -0.4 is 52.6 Å². The smallest absolute Gasteiger partial charge is 0.291 e. The van der Waals surface area contributed by atoms with E-state index in [9.17, 15) is 43.2 Å². The van der Waals surface area contributed by atoms with Crippen LogP contribution in [-0.2, 0) is 78.1 Å². The second-order valence-corrected chi connectivity index (χ2v) is 27.0. The number of aliphatic imine (C=N–C) groups is 1. The molecular weight excluding hydrogens is 1480 g/mol. The van der Waals surface area contributed by atoms with E-state index in [4.69, 9.17) is 45.0 Å². The molecule has 0 bridgehead atoms. The SMILES string of the molecule is Cc1sc2c(c1C)C(c1ccc(Cl)cc1)=NC(CC(=O)Nc1ccc(OCCOCCOCCOCCOCCOCCNC(=O)CCNC(=O)c3nc(NC(=O)CCNC(=O)c4cc(NC(=O)c5nc(NC(=O)CCNC(=O)c6cc(NC(=O)c7nccn7C)cn6C)cn5C)cn4C)cn3C)cc1)c1nnc(C)n1-2. The molecular formula is C73H88ClN21O15S. The van der Waals surface area contributed by atoms with Gasteiger partial charge in [0, 0.05) is 145 Å². The fourth-order valence-electron chi connectivity index (χ4n) is 11.4. The van der Waals surface area contributed by atoms with Crippen molar-refractivity contribution in [3.05, 3.63) is 165 Å². The fourth-order valence-corrected chi connectivity index (χ4v) is 12.7. The molecule has 36 nitrogen and oxygen atoms in total. The van der Waals surface area contributed by atoms with Crippen LogP contribution in [-0.4, -0.2) is 210 Å². The zero-order valence-electron chi connectivity index (χ0n) is 62.5. The third-order valence-corrected chi connectivity index (χ3v) is 18.5. The van der Waals surface area contributed by atoms with Gasteiger partial charge in [0.15, 0.2) is 23.3 Å². The van der Waals surface area contributed by atoms with Gasteiger partial charge in [-0.05, 0) is 74.9 Å². The van der Waals surface area contributed by atoms with E-state index in [0.717, 1.165) is 32.3 Å². The van der Waals surface area contributed by atoms with Crippen LogP contribution in [0.3, 0.4) is 0 Å². The highest BCUT2D eigenvalue weighted by Crippen LogP contribution is 2.40. The van der Waals surface area contributed by atoms with Gasteiger partial charge in [0.2, 0.25) is 35.3 Å². The summed E-state index contributed by atoms with van der Waals surface area (Å²) in [6, 6.07) is 17.0. The number of nitrogens with one attached hydrogen (secondary N) is 9. The zero-order chi connectivity index (χ0) is 79.1. The molecule has 9 amide bonds. The number of carbonyl (C=O) groups excluding carboxylic acids is 9. The van der Waals surface area contributed by atoms with Gasteiger partial charge >= 0.3 is 0 Å². The van der Waals surface area contributed by atoms with Crippen molar-refractivity contribution in [3.63, 3.8) is 0 Å². The molecule has 1 atom stereocenters. The number of hydrogen-bond donors (Lipinski definition) is 9. The number of aryl methyl sites for hydroxylation is 7. The molecule has 9 N–H and O–H groups in total. The first kappa shape index (κ1) is 81.8. The summed E-state index contributed by atoms with van der Waals surface area (Å²) in [5.74, 6) is -1.95. The first-order chi connectivity index (χ1) is 53.5. The minimum atomic E-state index is -0.640. The molecule has 10 rings (SSSR count). The number of fused-ring (bicyclic) bond motifs is 3. The Kier molecular flexibility index (Phi) is 29.2. The number of ether oxygens (including phenoxy) is 6. The van der Waals surface area contributed by atoms with E-state index >= 15 is 0 Å². The number of anilines is 5. The molecule has 1 unspecified atom stereocenters. The van der Waals surface area contributed by atoms with Crippen LogP contribution in [0.15, 0.2) is 103 Å². The normalized spacial score (nSPS) is 12.3. The summed E-state index contributed by atoms with van der Waals surface area (Å²) in [5, 5.41) is 34.8. The molecule has 0 saturated carbocycles. The molecule has 0 radical (unpaired) electrons. The summed E-state index contributed by atoms with van der Waals surface area (Å²) in [4.78, 5) is 135. The van der Waals surface area contributed by atoms with Crippen molar-refractivity contribution < 1.29 is 71.6 Å². The van der Waals surface area contributed by atoms with Crippen LogP contribution >= 0.6 is 22.9 Å². The fraction of sp³-hybridized carbons (Fsp3) is 0.384. The number of thiophene rings is 1. The summed E-state index contributed by atoms with van der Waals surface area (Å²) >= 11 is 7.91. The van der Waals surface area contributed by atoms with Crippen LogP contribution in [0.4, 0.5) is 28.7 Å². The maximum absolute atomic E-state index is 13.6.